The Labute approximate surface area is 104 Å². The fourth-order valence-corrected chi connectivity index (χ4v) is 1.40. The van der Waals surface area contributed by atoms with Crippen molar-refractivity contribution in [1.82, 2.24) is 0 Å². The largest absolute Gasteiger partial charge is 0.380 e. The number of unbranched alkanes of at least 4 members (excludes halogenated alkanes) is 5. The average molecular weight is 254 g/mol. The monoisotopic (exact) mass is 253 g/mol. The minimum atomic E-state index is -0.0715. The van der Waals surface area contributed by atoms with E-state index in [4.69, 9.17) is 27.9 Å². The van der Waals surface area contributed by atoms with Crippen LogP contribution in [0.25, 0.3) is 0 Å². The molecule has 0 spiro atoms. The predicted octanol–water partition coefficient (Wildman–Crippen LogP) is 4.41. The molecular weight excluding hydrogens is 231 g/mol. The maximum Gasteiger partial charge on any atom is 0.0730 e. The Morgan fingerprint density at radius 2 is 1.67 bits per heavy atom. The van der Waals surface area contributed by atoms with Gasteiger partial charge in [-0.25, -0.2) is 0 Å². The van der Waals surface area contributed by atoms with E-state index in [-0.39, 0.29) is 10.8 Å². The molecule has 0 aromatic carbocycles. The van der Waals surface area contributed by atoms with E-state index in [1.165, 1.54) is 25.7 Å². The lowest BCUT2D eigenvalue weighted by molar-refractivity contribution is 0.129. The molecule has 0 fully saturated rings. The van der Waals surface area contributed by atoms with Gasteiger partial charge < -0.3 is 4.74 Å². The van der Waals surface area contributed by atoms with Gasteiger partial charge in [0.25, 0.3) is 0 Å². The number of ether oxygens (including phenoxy) is 1. The first-order valence-corrected chi connectivity index (χ1v) is 6.71. The Morgan fingerprint density at radius 3 is 2.27 bits per heavy atom. The minimum absolute atomic E-state index is 0.0243. The second-order valence-corrected chi connectivity index (χ2v) is 5.14. The van der Waals surface area contributed by atoms with Crippen molar-refractivity contribution in [1.29, 1.82) is 0 Å². The summed E-state index contributed by atoms with van der Waals surface area (Å²) in [6, 6.07) is 0. The molecule has 0 aliphatic heterocycles. The molecule has 0 bridgehead atoms. The van der Waals surface area contributed by atoms with Crippen LogP contribution in [0.5, 0.6) is 0 Å². The standard InChI is InChI=1S/C12H23Cl2O/c1-3-4-5-6-7-8-9-15-10-12(14)11(2)13/h11-12H,1,3-10H2,2H3. The Morgan fingerprint density at radius 1 is 1.07 bits per heavy atom. The van der Waals surface area contributed by atoms with Crippen LogP contribution in [0.2, 0.25) is 0 Å². The first-order chi connectivity index (χ1) is 7.18. The SMILES string of the molecule is [CH2]CCCCCCCOCC(Cl)C(C)Cl. The van der Waals surface area contributed by atoms with E-state index < -0.39 is 0 Å². The Hall–Kier alpha value is 0.540. The van der Waals surface area contributed by atoms with Crippen LogP contribution >= 0.6 is 23.2 Å². The molecule has 0 rings (SSSR count). The third kappa shape index (κ3) is 10.8. The molecule has 0 aromatic heterocycles. The highest BCUT2D eigenvalue weighted by atomic mass is 35.5. The quantitative estimate of drug-likeness (QED) is 0.414. The smallest absolute Gasteiger partial charge is 0.0730 e. The summed E-state index contributed by atoms with van der Waals surface area (Å²) in [6.45, 7) is 7.07. The van der Waals surface area contributed by atoms with Crippen molar-refractivity contribution in [2.75, 3.05) is 13.2 Å². The van der Waals surface area contributed by atoms with Crippen LogP contribution in [0.3, 0.4) is 0 Å². The topological polar surface area (TPSA) is 9.23 Å². The van der Waals surface area contributed by atoms with Crippen molar-refractivity contribution in [3.05, 3.63) is 6.92 Å². The van der Waals surface area contributed by atoms with E-state index >= 15 is 0 Å². The van der Waals surface area contributed by atoms with Crippen LogP contribution in [0, 0.1) is 6.92 Å². The third-order valence-corrected chi connectivity index (χ3v) is 3.25. The van der Waals surface area contributed by atoms with E-state index in [2.05, 4.69) is 6.92 Å². The normalized spacial score (nSPS) is 15.2. The van der Waals surface area contributed by atoms with Gasteiger partial charge in [-0.05, 0) is 13.3 Å². The maximum atomic E-state index is 5.93. The summed E-state index contributed by atoms with van der Waals surface area (Å²) in [5, 5.41) is -0.0958. The molecule has 15 heavy (non-hydrogen) atoms. The van der Waals surface area contributed by atoms with Gasteiger partial charge in [0, 0.05) is 12.0 Å². The Balaban J connectivity index is 3.05. The van der Waals surface area contributed by atoms with Gasteiger partial charge in [0.05, 0.1) is 12.0 Å². The molecule has 0 N–H and O–H groups in total. The summed E-state index contributed by atoms with van der Waals surface area (Å²) < 4.78 is 5.43. The molecule has 0 heterocycles. The van der Waals surface area contributed by atoms with Gasteiger partial charge in [0.15, 0.2) is 0 Å². The summed E-state index contributed by atoms with van der Waals surface area (Å²) in [7, 11) is 0. The van der Waals surface area contributed by atoms with Gasteiger partial charge in [-0.1, -0.05) is 39.0 Å². The Kier molecular flexibility index (Phi) is 11.4. The maximum absolute atomic E-state index is 5.93. The molecule has 0 saturated carbocycles. The summed E-state index contributed by atoms with van der Waals surface area (Å²) in [5.41, 5.74) is 0. The highest BCUT2D eigenvalue weighted by Gasteiger charge is 2.10. The number of hydrogen-bond donors (Lipinski definition) is 0. The second kappa shape index (κ2) is 11.0. The van der Waals surface area contributed by atoms with Crippen molar-refractivity contribution < 1.29 is 4.74 Å². The number of alkyl halides is 2. The van der Waals surface area contributed by atoms with Gasteiger partial charge in [0.2, 0.25) is 0 Å². The average Bonchev–Trinajstić information content (AvgIpc) is 2.21. The zero-order chi connectivity index (χ0) is 11.5. The molecule has 1 radical (unpaired) electrons. The molecule has 2 atom stereocenters. The molecular formula is C12H23Cl2O. The zero-order valence-electron chi connectivity index (χ0n) is 9.68. The van der Waals surface area contributed by atoms with Crippen LogP contribution in [-0.2, 0) is 4.74 Å². The molecule has 1 nitrogen and oxygen atoms in total. The van der Waals surface area contributed by atoms with E-state index in [1.54, 1.807) is 0 Å². The Bertz CT molecular complexity index is 129. The van der Waals surface area contributed by atoms with Crippen LogP contribution in [0.4, 0.5) is 0 Å². The summed E-state index contributed by atoms with van der Waals surface area (Å²) >= 11 is 11.7. The third-order valence-electron chi connectivity index (χ3n) is 2.31. The molecule has 0 amide bonds. The summed E-state index contributed by atoms with van der Waals surface area (Å²) in [6.07, 6.45) is 7.24. The first-order valence-electron chi connectivity index (χ1n) is 5.83. The van der Waals surface area contributed by atoms with Crippen LogP contribution in [-0.4, -0.2) is 24.0 Å². The fraction of sp³-hybridized carbons (Fsp3) is 0.917. The highest BCUT2D eigenvalue weighted by molar-refractivity contribution is 6.29. The van der Waals surface area contributed by atoms with Crippen LogP contribution < -0.4 is 0 Å². The molecule has 3 heteroatoms. The summed E-state index contributed by atoms with van der Waals surface area (Å²) in [5.74, 6) is 0. The van der Waals surface area contributed by atoms with Crippen molar-refractivity contribution in [2.45, 2.75) is 56.2 Å². The van der Waals surface area contributed by atoms with Gasteiger partial charge in [-0.3, -0.25) is 0 Å². The van der Waals surface area contributed by atoms with Crippen LogP contribution in [0.15, 0.2) is 0 Å². The second-order valence-electron chi connectivity index (χ2n) is 3.89. The van der Waals surface area contributed by atoms with Gasteiger partial charge >= 0.3 is 0 Å². The molecule has 0 aromatic rings. The number of hydrogen-bond acceptors (Lipinski definition) is 1. The van der Waals surface area contributed by atoms with E-state index in [1.807, 2.05) is 6.92 Å². The summed E-state index contributed by atoms with van der Waals surface area (Å²) in [4.78, 5) is 0. The molecule has 0 aliphatic rings. The van der Waals surface area contributed by atoms with Crippen molar-refractivity contribution in [3.8, 4) is 0 Å². The van der Waals surface area contributed by atoms with Crippen LogP contribution in [0.1, 0.15) is 45.4 Å². The zero-order valence-corrected chi connectivity index (χ0v) is 11.2. The number of rotatable bonds is 10. The molecule has 0 aliphatic carbocycles. The molecule has 91 valence electrons. The van der Waals surface area contributed by atoms with Crippen molar-refractivity contribution in [2.24, 2.45) is 0 Å². The van der Waals surface area contributed by atoms with Gasteiger partial charge in [-0.2, -0.15) is 0 Å². The van der Waals surface area contributed by atoms with E-state index in [0.29, 0.717) is 6.61 Å². The van der Waals surface area contributed by atoms with Gasteiger partial charge in [0.1, 0.15) is 0 Å². The molecule has 0 saturated heterocycles. The van der Waals surface area contributed by atoms with Crippen molar-refractivity contribution in [3.63, 3.8) is 0 Å². The van der Waals surface area contributed by atoms with E-state index in [9.17, 15) is 0 Å². The lowest BCUT2D eigenvalue weighted by Gasteiger charge is -2.11. The van der Waals surface area contributed by atoms with E-state index in [0.717, 1.165) is 19.4 Å². The van der Waals surface area contributed by atoms with Crippen molar-refractivity contribution >= 4 is 23.2 Å². The first kappa shape index (κ1) is 15.5. The predicted molar refractivity (Wildman–Crippen MR) is 68.8 cm³/mol. The lowest BCUT2D eigenvalue weighted by Crippen LogP contribution is -2.18. The minimum Gasteiger partial charge on any atom is -0.380 e. The molecule has 2 unspecified atom stereocenters. The lowest BCUT2D eigenvalue weighted by atomic mass is 10.1. The van der Waals surface area contributed by atoms with Gasteiger partial charge in [-0.15, -0.1) is 23.2 Å². The highest BCUT2D eigenvalue weighted by Crippen LogP contribution is 2.10. The fourth-order valence-electron chi connectivity index (χ4n) is 1.24. The number of halogens is 2.